The monoisotopic (exact) mass is 609 g/mol. The molecule has 220 valence electrons. The molecule has 0 heterocycles. The van der Waals surface area contributed by atoms with Crippen LogP contribution in [0.1, 0.15) is 37.0 Å². The van der Waals surface area contributed by atoms with Crippen LogP contribution in [-0.4, -0.2) is 44.3 Å². The lowest BCUT2D eigenvalue weighted by Crippen LogP contribution is -2.51. The molecule has 3 aromatic rings. The quantitative estimate of drug-likeness (QED) is 0.297. The number of carbonyl (C=O) groups is 2. The molecule has 3 aromatic carbocycles. The second-order valence-electron chi connectivity index (χ2n) is 9.49. The van der Waals surface area contributed by atoms with Crippen LogP contribution in [-0.2, 0) is 32.3 Å². The molecular formula is C29H31ClF3N3O4S. The Bertz CT molecular complexity index is 1460. The Hall–Kier alpha value is -3.57. The Balaban J connectivity index is 2.07. The van der Waals surface area contributed by atoms with Crippen molar-refractivity contribution in [1.29, 1.82) is 0 Å². The molecule has 0 saturated carbocycles. The molecule has 1 unspecified atom stereocenters. The Morgan fingerprint density at radius 3 is 2.22 bits per heavy atom. The van der Waals surface area contributed by atoms with E-state index in [0.717, 1.165) is 17.7 Å². The van der Waals surface area contributed by atoms with Crippen molar-refractivity contribution in [3.8, 4) is 0 Å². The molecule has 0 fully saturated rings. The first-order valence-electron chi connectivity index (χ1n) is 12.8. The van der Waals surface area contributed by atoms with Crippen LogP contribution in [0.15, 0.2) is 77.7 Å². The average Bonchev–Trinajstić information content (AvgIpc) is 2.93. The van der Waals surface area contributed by atoms with E-state index < -0.39 is 46.2 Å². The number of alkyl halides is 3. The first-order valence-corrected chi connectivity index (χ1v) is 14.6. The maximum absolute atomic E-state index is 13.8. The third-order valence-corrected chi connectivity index (χ3v) is 8.37. The summed E-state index contributed by atoms with van der Waals surface area (Å²) in [5.41, 5.74) is -0.0308. The van der Waals surface area contributed by atoms with Gasteiger partial charge in [-0.25, -0.2) is 8.42 Å². The number of nitrogens with zero attached hydrogens (tertiary/aromatic N) is 2. The van der Waals surface area contributed by atoms with Crippen LogP contribution in [0, 0.1) is 6.92 Å². The Labute approximate surface area is 243 Å². The van der Waals surface area contributed by atoms with E-state index in [1.165, 1.54) is 30.0 Å². The zero-order chi connectivity index (χ0) is 30.4. The van der Waals surface area contributed by atoms with Crippen molar-refractivity contribution < 1.29 is 31.2 Å². The minimum atomic E-state index is -4.74. The van der Waals surface area contributed by atoms with Crippen LogP contribution in [0.25, 0.3) is 0 Å². The third-order valence-electron chi connectivity index (χ3n) is 6.33. The van der Waals surface area contributed by atoms with Crippen molar-refractivity contribution in [3.05, 3.63) is 94.5 Å². The lowest BCUT2D eigenvalue weighted by Gasteiger charge is -2.32. The maximum atomic E-state index is 13.8. The normalized spacial score (nSPS) is 12.5. The summed E-state index contributed by atoms with van der Waals surface area (Å²) in [6, 6.07) is 15.0. The van der Waals surface area contributed by atoms with E-state index in [1.54, 1.807) is 43.3 Å². The fourth-order valence-electron chi connectivity index (χ4n) is 3.97. The Morgan fingerprint density at radius 2 is 1.63 bits per heavy atom. The zero-order valence-corrected chi connectivity index (χ0v) is 24.4. The van der Waals surface area contributed by atoms with E-state index in [2.05, 4.69) is 5.32 Å². The fraction of sp³-hybridized carbons (Fsp3) is 0.310. The molecular weight excluding hydrogens is 579 g/mol. The van der Waals surface area contributed by atoms with Crippen LogP contribution in [0.2, 0.25) is 5.02 Å². The number of hydrogen-bond donors (Lipinski definition) is 1. The summed E-state index contributed by atoms with van der Waals surface area (Å²) >= 11 is 5.98. The van der Waals surface area contributed by atoms with Crippen LogP contribution in [0.5, 0.6) is 0 Å². The van der Waals surface area contributed by atoms with Crippen molar-refractivity contribution in [3.63, 3.8) is 0 Å². The highest BCUT2D eigenvalue weighted by Gasteiger charge is 2.35. The number of aryl methyl sites for hydroxylation is 1. The molecule has 0 saturated heterocycles. The number of anilines is 1. The lowest BCUT2D eigenvalue weighted by molar-refractivity contribution is -0.139. The van der Waals surface area contributed by atoms with Crippen LogP contribution >= 0.6 is 11.6 Å². The molecule has 12 heteroatoms. The smallest absolute Gasteiger partial charge is 0.354 e. The van der Waals surface area contributed by atoms with Gasteiger partial charge in [-0.3, -0.25) is 13.9 Å². The molecule has 0 aromatic heterocycles. The van der Waals surface area contributed by atoms with Gasteiger partial charge < -0.3 is 10.2 Å². The standard InChI is InChI=1S/C29H31ClF3N3O4S/c1-4-16-34-28(38)21(3)35(18-22-10-12-24(30)13-11-22)27(37)19-36(25-7-5-6-23(17-25)29(31,32)33)41(39,40)26-14-8-20(2)9-15-26/h5-15,17,21H,4,16,18-19H2,1-3H3,(H,34,38). The molecule has 2 amide bonds. The first kappa shape index (κ1) is 32.0. The van der Waals surface area contributed by atoms with Gasteiger partial charge in [-0.2, -0.15) is 13.2 Å². The summed E-state index contributed by atoms with van der Waals surface area (Å²) in [7, 11) is -4.50. The van der Waals surface area contributed by atoms with Gasteiger partial charge in [0.2, 0.25) is 11.8 Å². The SMILES string of the molecule is CCCNC(=O)C(C)N(Cc1ccc(Cl)cc1)C(=O)CN(c1cccc(C(F)(F)F)c1)S(=O)(=O)c1ccc(C)cc1. The number of hydrogen-bond acceptors (Lipinski definition) is 4. The number of carbonyl (C=O) groups excluding carboxylic acids is 2. The van der Waals surface area contributed by atoms with Gasteiger partial charge in [-0.1, -0.05) is 54.4 Å². The minimum Gasteiger partial charge on any atom is -0.354 e. The highest BCUT2D eigenvalue weighted by molar-refractivity contribution is 7.92. The molecule has 0 radical (unpaired) electrons. The molecule has 1 N–H and O–H groups in total. The van der Waals surface area contributed by atoms with Crippen molar-refractivity contribution in [2.45, 2.75) is 50.9 Å². The number of amides is 2. The van der Waals surface area contributed by atoms with E-state index in [9.17, 15) is 31.2 Å². The van der Waals surface area contributed by atoms with Gasteiger partial charge >= 0.3 is 6.18 Å². The van der Waals surface area contributed by atoms with Crippen molar-refractivity contribution in [1.82, 2.24) is 10.2 Å². The second kappa shape index (κ2) is 13.4. The van der Waals surface area contributed by atoms with Crippen LogP contribution in [0.4, 0.5) is 18.9 Å². The number of nitrogens with one attached hydrogen (secondary N) is 1. The highest BCUT2D eigenvalue weighted by atomic mass is 35.5. The predicted octanol–water partition coefficient (Wildman–Crippen LogP) is 5.81. The van der Waals surface area contributed by atoms with E-state index in [-0.39, 0.29) is 17.1 Å². The van der Waals surface area contributed by atoms with E-state index >= 15 is 0 Å². The molecule has 0 bridgehead atoms. The minimum absolute atomic E-state index is 0.0717. The molecule has 1 atom stereocenters. The molecule has 0 aliphatic rings. The topological polar surface area (TPSA) is 86.8 Å². The molecule has 0 spiro atoms. The largest absolute Gasteiger partial charge is 0.416 e. The van der Waals surface area contributed by atoms with Crippen molar-refractivity contribution in [2.24, 2.45) is 0 Å². The maximum Gasteiger partial charge on any atom is 0.416 e. The average molecular weight is 610 g/mol. The number of rotatable bonds is 11. The van der Waals surface area contributed by atoms with Gasteiger partial charge in [0.1, 0.15) is 12.6 Å². The van der Waals surface area contributed by atoms with Gasteiger partial charge in [-0.15, -0.1) is 0 Å². The van der Waals surface area contributed by atoms with Gasteiger partial charge in [0, 0.05) is 18.1 Å². The summed E-state index contributed by atoms with van der Waals surface area (Å²) in [6.07, 6.45) is -4.09. The summed E-state index contributed by atoms with van der Waals surface area (Å²) in [6.45, 7) is 4.56. The number of halogens is 4. The predicted molar refractivity (Wildman–Crippen MR) is 152 cm³/mol. The lowest BCUT2D eigenvalue weighted by atomic mass is 10.1. The Kier molecular flexibility index (Phi) is 10.4. The van der Waals surface area contributed by atoms with Crippen LogP contribution < -0.4 is 9.62 Å². The van der Waals surface area contributed by atoms with Gasteiger partial charge in [0.05, 0.1) is 16.1 Å². The molecule has 41 heavy (non-hydrogen) atoms. The molecule has 3 rings (SSSR count). The summed E-state index contributed by atoms with van der Waals surface area (Å²) in [5.74, 6) is -1.24. The highest BCUT2D eigenvalue weighted by Crippen LogP contribution is 2.33. The molecule has 0 aliphatic carbocycles. The number of benzene rings is 3. The molecule has 7 nitrogen and oxygen atoms in total. The summed E-state index contributed by atoms with van der Waals surface area (Å²) in [4.78, 5) is 27.7. The van der Waals surface area contributed by atoms with Gasteiger partial charge in [0.25, 0.3) is 10.0 Å². The Morgan fingerprint density at radius 1 is 1.00 bits per heavy atom. The van der Waals surface area contributed by atoms with Crippen molar-refractivity contribution in [2.75, 3.05) is 17.4 Å². The van der Waals surface area contributed by atoms with Gasteiger partial charge in [-0.05, 0) is 68.3 Å². The molecule has 0 aliphatic heterocycles. The fourth-order valence-corrected chi connectivity index (χ4v) is 5.50. The van der Waals surface area contributed by atoms with Crippen molar-refractivity contribution >= 4 is 39.1 Å². The third kappa shape index (κ3) is 8.23. The summed E-state index contributed by atoms with van der Waals surface area (Å²) in [5, 5.41) is 3.18. The van der Waals surface area contributed by atoms with Crippen LogP contribution in [0.3, 0.4) is 0 Å². The van der Waals surface area contributed by atoms with Gasteiger partial charge in [0.15, 0.2) is 0 Å². The van der Waals surface area contributed by atoms with E-state index in [4.69, 9.17) is 11.6 Å². The zero-order valence-electron chi connectivity index (χ0n) is 22.8. The first-order chi connectivity index (χ1) is 19.2. The van der Waals surface area contributed by atoms with E-state index in [1.807, 2.05) is 6.92 Å². The second-order valence-corrected chi connectivity index (χ2v) is 11.8. The summed E-state index contributed by atoms with van der Waals surface area (Å²) < 4.78 is 68.9. The van der Waals surface area contributed by atoms with E-state index in [0.29, 0.717) is 33.9 Å². The number of sulfonamides is 1.